The average molecular weight is 404 g/mol. The van der Waals surface area contributed by atoms with Crippen LogP contribution in [0.1, 0.15) is 12.0 Å². The van der Waals surface area contributed by atoms with Crippen molar-refractivity contribution in [1.82, 2.24) is 24.8 Å². The number of hydrogen-bond acceptors (Lipinski definition) is 6. The number of alkyl halides is 3. The topological polar surface area (TPSA) is 104 Å². The van der Waals surface area contributed by atoms with Gasteiger partial charge in [-0.2, -0.15) is 13.2 Å². The summed E-state index contributed by atoms with van der Waals surface area (Å²) >= 11 is 0. The van der Waals surface area contributed by atoms with E-state index < -0.39 is 17.8 Å². The zero-order chi connectivity index (χ0) is 20.6. The number of carbonyl (C=O) groups is 1. The molecular weight excluding hydrogens is 389 g/mol. The molecule has 1 aliphatic heterocycles. The van der Waals surface area contributed by atoms with Crippen molar-refractivity contribution < 1.29 is 23.1 Å². The van der Waals surface area contributed by atoms with Crippen LogP contribution in [0.2, 0.25) is 0 Å². The summed E-state index contributed by atoms with van der Waals surface area (Å²) in [5.41, 5.74) is 0.768. The Bertz CT molecular complexity index is 1060. The quantitative estimate of drug-likeness (QED) is 0.690. The van der Waals surface area contributed by atoms with Crippen molar-refractivity contribution in [2.24, 2.45) is 0 Å². The highest BCUT2D eigenvalue weighted by molar-refractivity contribution is 5.95. The molecule has 2 N–H and O–H groups in total. The van der Waals surface area contributed by atoms with Crippen LogP contribution < -0.4 is 5.32 Å². The molecule has 1 amide bonds. The highest BCUT2D eigenvalue weighted by Gasteiger charge is 2.31. The van der Waals surface area contributed by atoms with Gasteiger partial charge in [-0.3, -0.25) is 9.97 Å². The number of likely N-dealkylation sites (tertiary alicyclic amines) is 1. The van der Waals surface area contributed by atoms with Gasteiger partial charge in [-0.1, -0.05) is 0 Å². The molecule has 8 nitrogen and oxygen atoms in total. The van der Waals surface area contributed by atoms with Crippen LogP contribution in [0.15, 0.2) is 36.9 Å². The first-order valence-corrected chi connectivity index (χ1v) is 8.70. The van der Waals surface area contributed by atoms with Gasteiger partial charge in [0.05, 0.1) is 11.3 Å². The summed E-state index contributed by atoms with van der Waals surface area (Å²) in [5.74, 6) is 0.431. The third-order valence-electron chi connectivity index (χ3n) is 4.67. The minimum atomic E-state index is -4.47. The van der Waals surface area contributed by atoms with E-state index in [1.54, 1.807) is 0 Å². The van der Waals surface area contributed by atoms with E-state index in [9.17, 15) is 18.0 Å². The molecule has 0 saturated carbocycles. The Morgan fingerprint density at radius 1 is 1.10 bits per heavy atom. The average Bonchev–Trinajstić information content (AvgIpc) is 3.17. The van der Waals surface area contributed by atoms with Gasteiger partial charge in [0.1, 0.15) is 11.0 Å². The number of rotatable bonds is 3. The third kappa shape index (κ3) is 3.75. The number of nitrogens with one attached hydrogen (secondary N) is 1. The van der Waals surface area contributed by atoms with Gasteiger partial charge in [-0.15, -0.1) is 0 Å². The van der Waals surface area contributed by atoms with Crippen LogP contribution in [0.5, 0.6) is 0 Å². The monoisotopic (exact) mass is 404 g/mol. The molecule has 0 radical (unpaired) electrons. The Morgan fingerprint density at radius 3 is 2.48 bits per heavy atom. The summed E-state index contributed by atoms with van der Waals surface area (Å²) < 4.78 is 38.3. The minimum Gasteiger partial charge on any atom is -0.465 e. The molecule has 1 saturated heterocycles. The normalized spacial score (nSPS) is 16.9. The van der Waals surface area contributed by atoms with Gasteiger partial charge >= 0.3 is 12.3 Å². The van der Waals surface area contributed by atoms with E-state index >= 15 is 0 Å². The van der Waals surface area contributed by atoms with E-state index in [2.05, 4.69) is 25.3 Å². The van der Waals surface area contributed by atoms with Crippen LogP contribution in [0.3, 0.4) is 0 Å². The van der Waals surface area contributed by atoms with Crippen LogP contribution in [0.25, 0.3) is 22.3 Å². The van der Waals surface area contributed by atoms with E-state index in [-0.39, 0.29) is 6.04 Å². The van der Waals surface area contributed by atoms with Crippen molar-refractivity contribution in [1.29, 1.82) is 0 Å². The Labute approximate surface area is 162 Å². The van der Waals surface area contributed by atoms with Crippen molar-refractivity contribution in [2.75, 3.05) is 18.4 Å². The number of halogens is 3. The van der Waals surface area contributed by atoms with E-state index in [0.717, 1.165) is 12.3 Å². The molecule has 0 spiro atoms. The van der Waals surface area contributed by atoms with Crippen LogP contribution in [0.4, 0.5) is 23.8 Å². The first kappa shape index (κ1) is 18.8. The number of aromatic nitrogens is 4. The van der Waals surface area contributed by atoms with Crippen LogP contribution >= 0.6 is 0 Å². The summed E-state index contributed by atoms with van der Waals surface area (Å²) in [6.45, 7) is 0.741. The molecule has 0 bridgehead atoms. The lowest BCUT2D eigenvalue weighted by Gasteiger charge is -2.16. The predicted octanol–water partition coefficient (Wildman–Crippen LogP) is 3.27. The lowest BCUT2D eigenvalue weighted by Crippen LogP contribution is -2.30. The summed E-state index contributed by atoms with van der Waals surface area (Å²) in [7, 11) is 0. The molecule has 4 rings (SSSR count). The number of hydrogen-bond donors (Lipinski definition) is 2. The Balaban J connectivity index is 1.66. The van der Waals surface area contributed by atoms with Crippen molar-refractivity contribution in [2.45, 2.75) is 18.6 Å². The zero-order valence-corrected chi connectivity index (χ0v) is 14.9. The van der Waals surface area contributed by atoms with E-state index in [1.165, 1.54) is 29.6 Å². The second kappa shape index (κ2) is 7.15. The first-order chi connectivity index (χ1) is 13.8. The maximum Gasteiger partial charge on any atom is 0.417 e. The number of nitrogens with zero attached hydrogens (tertiary/aromatic N) is 5. The lowest BCUT2D eigenvalue weighted by atomic mass is 10.1. The van der Waals surface area contributed by atoms with E-state index in [4.69, 9.17) is 5.11 Å². The summed E-state index contributed by atoms with van der Waals surface area (Å²) in [6, 6.07) is 2.09. The predicted molar refractivity (Wildman–Crippen MR) is 97.2 cm³/mol. The molecule has 0 aromatic carbocycles. The zero-order valence-electron chi connectivity index (χ0n) is 14.9. The Kier molecular flexibility index (Phi) is 4.65. The van der Waals surface area contributed by atoms with Crippen molar-refractivity contribution >= 4 is 22.9 Å². The molecule has 0 aliphatic carbocycles. The largest absolute Gasteiger partial charge is 0.465 e. The molecule has 11 heteroatoms. The van der Waals surface area contributed by atoms with Gasteiger partial charge in [-0.05, 0) is 18.6 Å². The highest BCUT2D eigenvalue weighted by atomic mass is 19.4. The molecule has 1 fully saturated rings. The van der Waals surface area contributed by atoms with Crippen molar-refractivity contribution in [3.8, 4) is 11.3 Å². The fourth-order valence-electron chi connectivity index (χ4n) is 3.22. The maximum absolute atomic E-state index is 12.8. The van der Waals surface area contributed by atoms with Crippen LogP contribution in [-0.4, -0.2) is 55.2 Å². The SMILES string of the molecule is O=C(O)N1CCC(Nc2ncc(-c3ccc(C(F)(F)F)cn3)c3nccnc23)C1. The van der Waals surface area contributed by atoms with Crippen LogP contribution in [0, 0.1) is 0 Å². The molecule has 1 unspecified atom stereocenters. The van der Waals surface area contributed by atoms with Gasteiger partial charge in [0.25, 0.3) is 0 Å². The maximum atomic E-state index is 12.8. The van der Waals surface area contributed by atoms with Gasteiger partial charge in [0.2, 0.25) is 0 Å². The molecule has 1 aliphatic rings. The molecule has 1 atom stereocenters. The second-order valence-corrected chi connectivity index (χ2v) is 6.56. The van der Waals surface area contributed by atoms with E-state index in [1.807, 2.05) is 0 Å². The smallest absolute Gasteiger partial charge is 0.417 e. The number of pyridine rings is 2. The van der Waals surface area contributed by atoms with Crippen molar-refractivity contribution in [3.63, 3.8) is 0 Å². The fraction of sp³-hybridized carbons (Fsp3) is 0.278. The van der Waals surface area contributed by atoms with Gasteiger partial charge in [-0.25, -0.2) is 14.8 Å². The van der Waals surface area contributed by atoms with Gasteiger partial charge in [0, 0.05) is 49.5 Å². The van der Waals surface area contributed by atoms with Gasteiger partial charge < -0.3 is 15.3 Å². The number of carboxylic acid groups (broad SMARTS) is 1. The molecule has 29 heavy (non-hydrogen) atoms. The Hall–Kier alpha value is -3.50. The molecular formula is C18H15F3N6O2. The second-order valence-electron chi connectivity index (χ2n) is 6.56. The number of amides is 1. The molecule has 150 valence electrons. The number of anilines is 1. The van der Waals surface area contributed by atoms with Crippen LogP contribution in [-0.2, 0) is 6.18 Å². The molecule has 4 heterocycles. The highest BCUT2D eigenvalue weighted by Crippen LogP contribution is 2.32. The third-order valence-corrected chi connectivity index (χ3v) is 4.67. The Morgan fingerprint density at radius 2 is 1.86 bits per heavy atom. The summed E-state index contributed by atoms with van der Waals surface area (Å²) in [6.07, 6.45) is 0.374. The lowest BCUT2D eigenvalue weighted by molar-refractivity contribution is -0.137. The summed E-state index contributed by atoms with van der Waals surface area (Å²) in [5, 5.41) is 12.3. The van der Waals surface area contributed by atoms with Crippen molar-refractivity contribution in [3.05, 3.63) is 42.5 Å². The molecule has 3 aromatic rings. The fourth-order valence-corrected chi connectivity index (χ4v) is 3.22. The number of fused-ring (bicyclic) bond motifs is 1. The summed E-state index contributed by atoms with van der Waals surface area (Å²) in [4.78, 5) is 29.2. The molecule has 3 aromatic heterocycles. The van der Waals surface area contributed by atoms with Gasteiger partial charge in [0.15, 0.2) is 5.82 Å². The minimum absolute atomic E-state index is 0.126. The standard InChI is InChI=1S/C18H15F3N6O2/c19-18(20,21)10-1-2-13(24-7-10)12-8-25-16(15-14(12)22-4-5-23-15)26-11-3-6-27(9-11)17(28)29/h1-2,4-5,7-8,11H,3,6,9H2,(H,25,26)(H,28,29). The van der Waals surface area contributed by atoms with E-state index in [0.29, 0.717) is 47.6 Å². The first-order valence-electron chi connectivity index (χ1n) is 8.70.